The first-order chi connectivity index (χ1) is 8.88. The number of aromatic nitrogens is 2. The molecule has 0 saturated heterocycles. The minimum absolute atomic E-state index is 0.0337. The number of ether oxygens (including phenoxy) is 1. The van der Waals surface area contributed by atoms with Gasteiger partial charge in [0, 0.05) is 25.3 Å². The second-order valence-electron chi connectivity index (χ2n) is 3.88. The van der Waals surface area contributed by atoms with E-state index in [9.17, 15) is 19.8 Å². The Bertz CT molecular complexity index is 474. The Morgan fingerprint density at radius 3 is 2.68 bits per heavy atom. The Morgan fingerprint density at radius 1 is 1.53 bits per heavy atom. The number of nitrogens with zero attached hydrogens (tertiary/aromatic N) is 2. The summed E-state index contributed by atoms with van der Waals surface area (Å²) >= 11 is 0.897. The fourth-order valence-corrected chi connectivity index (χ4v) is 2.11. The maximum Gasteiger partial charge on any atom is 0.356 e. The summed E-state index contributed by atoms with van der Waals surface area (Å²) in [6.07, 6.45) is -1.20. The van der Waals surface area contributed by atoms with E-state index in [-0.39, 0.29) is 22.1 Å². The number of carbonyl (C=O) groups excluding carboxylic acids is 2. The Morgan fingerprint density at radius 2 is 2.16 bits per heavy atom. The minimum atomic E-state index is -1.31. The van der Waals surface area contributed by atoms with Crippen LogP contribution in [0.5, 0.6) is 0 Å². The van der Waals surface area contributed by atoms with E-state index in [2.05, 4.69) is 9.84 Å². The molecule has 1 aromatic heterocycles. The lowest BCUT2D eigenvalue weighted by atomic mass is 10.1. The number of rotatable bonds is 5. The molecule has 2 unspecified atom stereocenters. The Kier molecular flexibility index (Phi) is 5.52. The SMILES string of the molecule is COC(=O)c1c(C(O)C(O)CSC(C)=O)cnn1C. The smallest absolute Gasteiger partial charge is 0.356 e. The molecule has 0 spiro atoms. The number of aryl methyl sites for hydroxylation is 1. The predicted octanol–water partition coefficient (Wildman–Crippen LogP) is -0.119. The fourth-order valence-electron chi connectivity index (χ4n) is 1.52. The van der Waals surface area contributed by atoms with E-state index in [1.807, 2.05) is 0 Å². The maximum absolute atomic E-state index is 11.6. The van der Waals surface area contributed by atoms with Crippen molar-refractivity contribution in [1.82, 2.24) is 9.78 Å². The molecule has 0 bridgehead atoms. The van der Waals surface area contributed by atoms with Gasteiger partial charge in [0.25, 0.3) is 0 Å². The van der Waals surface area contributed by atoms with Crippen molar-refractivity contribution in [2.24, 2.45) is 7.05 Å². The summed E-state index contributed by atoms with van der Waals surface area (Å²) in [5, 5.41) is 23.5. The van der Waals surface area contributed by atoms with Gasteiger partial charge in [0.05, 0.1) is 19.4 Å². The Hall–Kier alpha value is -1.38. The highest BCUT2D eigenvalue weighted by Crippen LogP contribution is 2.23. The van der Waals surface area contributed by atoms with Gasteiger partial charge < -0.3 is 14.9 Å². The topological polar surface area (TPSA) is 102 Å². The van der Waals surface area contributed by atoms with Crippen LogP contribution in [-0.2, 0) is 16.6 Å². The molecule has 0 saturated carbocycles. The molecule has 19 heavy (non-hydrogen) atoms. The molecule has 7 nitrogen and oxygen atoms in total. The van der Waals surface area contributed by atoms with Crippen LogP contribution in [0.4, 0.5) is 0 Å². The van der Waals surface area contributed by atoms with Crippen LogP contribution in [0.15, 0.2) is 6.20 Å². The third-order valence-electron chi connectivity index (χ3n) is 2.49. The number of aliphatic hydroxyl groups is 2. The molecule has 0 radical (unpaired) electrons. The number of methoxy groups -OCH3 is 1. The average molecular weight is 288 g/mol. The van der Waals surface area contributed by atoms with E-state index < -0.39 is 18.2 Å². The van der Waals surface area contributed by atoms with E-state index in [0.29, 0.717) is 0 Å². The predicted molar refractivity (Wildman–Crippen MR) is 68.7 cm³/mol. The van der Waals surface area contributed by atoms with Crippen molar-refractivity contribution < 1.29 is 24.5 Å². The van der Waals surface area contributed by atoms with Crippen LogP contribution in [0.3, 0.4) is 0 Å². The first-order valence-electron chi connectivity index (χ1n) is 5.48. The second-order valence-corrected chi connectivity index (χ2v) is 5.08. The average Bonchev–Trinajstić information content (AvgIpc) is 2.75. The third-order valence-corrected chi connectivity index (χ3v) is 3.40. The number of hydrogen-bond acceptors (Lipinski definition) is 7. The molecule has 0 aliphatic carbocycles. The molecule has 106 valence electrons. The molecule has 2 atom stereocenters. The first-order valence-corrected chi connectivity index (χ1v) is 6.46. The van der Waals surface area contributed by atoms with Gasteiger partial charge in [-0.3, -0.25) is 9.48 Å². The lowest BCUT2D eigenvalue weighted by Crippen LogP contribution is -2.23. The number of carbonyl (C=O) groups is 2. The van der Waals surface area contributed by atoms with Crippen LogP contribution in [-0.4, -0.2) is 50.0 Å². The highest BCUT2D eigenvalue weighted by molar-refractivity contribution is 8.13. The van der Waals surface area contributed by atoms with Gasteiger partial charge in [0.1, 0.15) is 6.10 Å². The first kappa shape index (κ1) is 15.7. The van der Waals surface area contributed by atoms with E-state index in [1.54, 1.807) is 0 Å². The molecular weight excluding hydrogens is 272 g/mol. The summed E-state index contributed by atoms with van der Waals surface area (Å²) in [4.78, 5) is 22.4. The summed E-state index contributed by atoms with van der Waals surface area (Å²) in [5.74, 6) is -0.619. The van der Waals surface area contributed by atoms with Crippen molar-refractivity contribution in [3.05, 3.63) is 17.5 Å². The van der Waals surface area contributed by atoms with Gasteiger partial charge in [0.15, 0.2) is 10.8 Å². The zero-order valence-electron chi connectivity index (χ0n) is 10.9. The van der Waals surface area contributed by atoms with Crippen molar-refractivity contribution in [3.8, 4) is 0 Å². The van der Waals surface area contributed by atoms with Crippen molar-refractivity contribution in [3.63, 3.8) is 0 Å². The third kappa shape index (κ3) is 3.79. The second kappa shape index (κ2) is 6.69. The van der Waals surface area contributed by atoms with Crippen molar-refractivity contribution >= 4 is 22.8 Å². The molecule has 2 N–H and O–H groups in total. The standard InChI is InChI=1S/C11H16N2O5S/c1-6(14)19-5-8(15)10(16)7-4-12-13(2)9(7)11(17)18-3/h4,8,10,15-16H,5H2,1-3H3. The quantitative estimate of drug-likeness (QED) is 0.728. The van der Waals surface area contributed by atoms with Crippen molar-refractivity contribution in [2.45, 2.75) is 19.1 Å². The van der Waals surface area contributed by atoms with Crippen LogP contribution in [0.1, 0.15) is 29.1 Å². The van der Waals surface area contributed by atoms with Gasteiger partial charge >= 0.3 is 5.97 Å². The van der Waals surface area contributed by atoms with E-state index in [1.165, 1.54) is 32.0 Å². The Balaban J connectivity index is 2.90. The fraction of sp³-hybridized carbons (Fsp3) is 0.545. The molecule has 1 rings (SSSR count). The van der Waals surface area contributed by atoms with Crippen molar-refractivity contribution in [1.29, 1.82) is 0 Å². The summed E-state index contributed by atoms with van der Waals surface area (Å²) < 4.78 is 5.85. The van der Waals surface area contributed by atoms with E-state index >= 15 is 0 Å². The van der Waals surface area contributed by atoms with E-state index in [4.69, 9.17) is 0 Å². The summed E-state index contributed by atoms with van der Waals surface area (Å²) in [6.45, 7) is 1.37. The number of thioether (sulfide) groups is 1. The molecule has 0 aliphatic heterocycles. The normalized spacial score (nSPS) is 13.9. The van der Waals surface area contributed by atoms with Gasteiger partial charge in [-0.2, -0.15) is 5.10 Å². The highest BCUT2D eigenvalue weighted by Gasteiger charge is 2.27. The monoisotopic (exact) mass is 288 g/mol. The van der Waals surface area contributed by atoms with Gasteiger partial charge in [-0.25, -0.2) is 4.79 Å². The highest BCUT2D eigenvalue weighted by atomic mass is 32.2. The molecular formula is C11H16N2O5S. The maximum atomic E-state index is 11.6. The lowest BCUT2D eigenvalue weighted by molar-refractivity contribution is -0.109. The van der Waals surface area contributed by atoms with Crippen molar-refractivity contribution in [2.75, 3.05) is 12.9 Å². The lowest BCUT2D eigenvalue weighted by Gasteiger charge is -2.16. The molecule has 0 fully saturated rings. The minimum Gasteiger partial charge on any atom is -0.464 e. The molecule has 0 amide bonds. The zero-order valence-corrected chi connectivity index (χ0v) is 11.7. The molecule has 8 heteroatoms. The van der Waals surface area contributed by atoms with Crippen LogP contribution in [0, 0.1) is 0 Å². The van der Waals surface area contributed by atoms with Crippen LogP contribution in [0.2, 0.25) is 0 Å². The number of hydrogen-bond donors (Lipinski definition) is 2. The largest absolute Gasteiger partial charge is 0.464 e. The number of aliphatic hydroxyl groups excluding tert-OH is 2. The molecule has 0 aromatic carbocycles. The van der Waals surface area contributed by atoms with Gasteiger partial charge in [-0.05, 0) is 0 Å². The van der Waals surface area contributed by atoms with Crippen LogP contribution < -0.4 is 0 Å². The molecule has 1 heterocycles. The van der Waals surface area contributed by atoms with Gasteiger partial charge in [0.2, 0.25) is 0 Å². The van der Waals surface area contributed by atoms with Crippen LogP contribution >= 0.6 is 11.8 Å². The van der Waals surface area contributed by atoms with Crippen LogP contribution in [0.25, 0.3) is 0 Å². The van der Waals surface area contributed by atoms with E-state index in [0.717, 1.165) is 11.8 Å². The van der Waals surface area contributed by atoms with Gasteiger partial charge in [-0.1, -0.05) is 11.8 Å². The molecule has 0 aliphatic rings. The summed E-state index contributed by atoms with van der Waals surface area (Å²) in [5.41, 5.74) is 0.243. The Labute approximate surface area is 114 Å². The number of esters is 1. The zero-order chi connectivity index (χ0) is 14.6. The molecule has 1 aromatic rings. The van der Waals surface area contributed by atoms with Gasteiger partial charge in [-0.15, -0.1) is 0 Å². The summed E-state index contributed by atoms with van der Waals surface area (Å²) in [6, 6.07) is 0. The summed E-state index contributed by atoms with van der Waals surface area (Å²) in [7, 11) is 2.74.